The normalized spacial score (nSPS) is 15.5. The van der Waals surface area contributed by atoms with Gasteiger partial charge < -0.3 is 4.74 Å². The molecule has 0 saturated carbocycles. The lowest BCUT2D eigenvalue weighted by Crippen LogP contribution is -2.50. The average Bonchev–Trinajstić information content (AvgIpc) is 2.69. The van der Waals surface area contributed by atoms with Gasteiger partial charge in [0.25, 0.3) is 5.91 Å². The number of aliphatic imine (C=N–C) groups is 1. The van der Waals surface area contributed by atoms with Crippen LogP contribution in [0.3, 0.4) is 0 Å². The third-order valence-electron chi connectivity index (χ3n) is 3.93. The highest BCUT2D eigenvalue weighted by Gasteiger charge is 2.21. The lowest BCUT2D eigenvalue weighted by molar-refractivity contribution is -0.122. The second-order valence-electron chi connectivity index (χ2n) is 5.96. The number of nitrogens with zero attached hydrogens (tertiary/aromatic N) is 3. The number of amidine groups is 1. The Morgan fingerprint density at radius 2 is 1.89 bits per heavy atom. The number of carbonyl (C=O) groups is 1. The van der Waals surface area contributed by atoms with E-state index in [-0.39, 0.29) is 45.5 Å². The van der Waals surface area contributed by atoms with Crippen LogP contribution in [0.2, 0.25) is 5.02 Å². The van der Waals surface area contributed by atoms with Gasteiger partial charge in [-0.15, -0.1) is 0 Å². The molecule has 2 aromatic rings. The average molecular weight is 398 g/mol. The molecule has 0 bridgehead atoms. The Hall–Kier alpha value is -3.62. The van der Waals surface area contributed by atoms with Gasteiger partial charge in [-0.05, 0) is 36.8 Å². The summed E-state index contributed by atoms with van der Waals surface area (Å²) in [5.74, 6) is -0.718. The van der Waals surface area contributed by atoms with Gasteiger partial charge in [0.1, 0.15) is 17.6 Å². The number of hydrogen-bond donors (Lipinski definition) is 2. The fourth-order valence-electron chi connectivity index (χ4n) is 2.54. The molecule has 0 saturated heterocycles. The molecule has 0 spiro atoms. The van der Waals surface area contributed by atoms with Gasteiger partial charge in [0.2, 0.25) is 0 Å². The second-order valence-corrected chi connectivity index (χ2v) is 6.37. The number of hydrazine groups is 1. The van der Waals surface area contributed by atoms with E-state index in [0.29, 0.717) is 5.84 Å². The van der Waals surface area contributed by atoms with Gasteiger partial charge in [-0.2, -0.15) is 10.5 Å². The van der Waals surface area contributed by atoms with Crippen LogP contribution in [-0.4, -0.2) is 17.8 Å². The number of rotatable bonds is 4. The van der Waals surface area contributed by atoms with Crippen molar-refractivity contribution in [3.8, 4) is 23.6 Å². The number of hydrogen-bond acceptors (Lipinski definition) is 6. The van der Waals surface area contributed by atoms with Crippen LogP contribution in [0.5, 0.6) is 11.5 Å². The molecule has 0 fully saturated rings. The molecule has 7 nitrogen and oxygen atoms in total. The summed E-state index contributed by atoms with van der Waals surface area (Å²) in [6.07, 6.45) is 0.0751. The molecule has 0 unspecified atom stereocenters. The first-order valence-electron chi connectivity index (χ1n) is 8.14. The zero-order valence-corrected chi connectivity index (χ0v) is 15.3. The molecule has 0 aromatic heterocycles. The number of benzene rings is 2. The van der Waals surface area contributed by atoms with Crippen LogP contribution in [0, 0.1) is 28.5 Å². The van der Waals surface area contributed by atoms with Crippen molar-refractivity contribution in [3.63, 3.8) is 0 Å². The van der Waals surface area contributed by atoms with E-state index in [4.69, 9.17) is 26.9 Å². The van der Waals surface area contributed by atoms with Crippen molar-refractivity contribution in [2.75, 3.05) is 0 Å². The number of amides is 1. The van der Waals surface area contributed by atoms with E-state index in [1.54, 1.807) is 6.92 Å². The Balaban J connectivity index is 1.92. The van der Waals surface area contributed by atoms with Gasteiger partial charge in [0.15, 0.2) is 11.6 Å². The maximum Gasteiger partial charge on any atom is 0.262 e. The van der Waals surface area contributed by atoms with Crippen molar-refractivity contribution in [3.05, 3.63) is 57.9 Å². The van der Waals surface area contributed by atoms with Crippen molar-refractivity contribution in [2.24, 2.45) is 4.99 Å². The molecule has 1 atom stereocenters. The van der Waals surface area contributed by atoms with E-state index in [0.717, 1.165) is 0 Å². The molecule has 1 aliphatic rings. The standard InChI is InChI=1S/C19H13ClFN5O2/c1-10-19(27)26-25-16(24-10)7-13-2-3-15(20)18(17(13)21)28-14-5-11(8-22)4-12(6-14)9-23/h2-6,10H,7H2,1H3,(H,24,25)(H,26,27)/t10-/m0/s1. The van der Waals surface area contributed by atoms with Crippen molar-refractivity contribution in [1.82, 2.24) is 10.9 Å². The van der Waals surface area contributed by atoms with E-state index in [1.807, 2.05) is 12.1 Å². The lowest BCUT2D eigenvalue weighted by atomic mass is 10.1. The van der Waals surface area contributed by atoms with Gasteiger partial charge >= 0.3 is 0 Å². The summed E-state index contributed by atoms with van der Waals surface area (Å²) in [5.41, 5.74) is 5.72. The molecule has 2 aromatic carbocycles. The van der Waals surface area contributed by atoms with Crippen LogP contribution < -0.4 is 15.6 Å². The van der Waals surface area contributed by atoms with Gasteiger partial charge in [0, 0.05) is 6.42 Å². The first kappa shape index (κ1) is 19.2. The van der Waals surface area contributed by atoms with E-state index < -0.39 is 11.9 Å². The highest BCUT2D eigenvalue weighted by molar-refractivity contribution is 6.32. The third-order valence-corrected chi connectivity index (χ3v) is 4.23. The second kappa shape index (κ2) is 7.95. The van der Waals surface area contributed by atoms with Crippen LogP contribution in [0.1, 0.15) is 23.6 Å². The number of nitriles is 2. The minimum atomic E-state index is -0.706. The molecule has 140 valence electrons. The maximum atomic E-state index is 15.0. The van der Waals surface area contributed by atoms with Crippen LogP contribution in [0.15, 0.2) is 35.3 Å². The topological polar surface area (TPSA) is 110 Å². The van der Waals surface area contributed by atoms with Crippen LogP contribution >= 0.6 is 11.6 Å². The zero-order chi connectivity index (χ0) is 20.3. The van der Waals surface area contributed by atoms with Crippen LogP contribution in [0.25, 0.3) is 0 Å². The summed E-state index contributed by atoms with van der Waals surface area (Å²) in [5, 5.41) is 18.1. The minimum Gasteiger partial charge on any atom is -0.453 e. The summed E-state index contributed by atoms with van der Waals surface area (Å²) in [4.78, 5) is 15.6. The molecule has 0 aliphatic carbocycles. The number of ether oxygens (including phenoxy) is 1. The highest BCUT2D eigenvalue weighted by Crippen LogP contribution is 2.35. The summed E-state index contributed by atoms with van der Waals surface area (Å²) in [6.45, 7) is 1.62. The molecular formula is C19H13ClFN5O2. The quantitative estimate of drug-likeness (QED) is 0.824. The molecular weight excluding hydrogens is 385 g/mol. The SMILES string of the molecule is C[C@@H]1N=C(Cc2ccc(Cl)c(Oc3cc(C#N)cc(C#N)c3)c2F)NNC1=O. The van der Waals surface area contributed by atoms with Gasteiger partial charge in [0.05, 0.1) is 28.3 Å². The Labute approximate surface area is 165 Å². The molecule has 28 heavy (non-hydrogen) atoms. The number of carbonyl (C=O) groups excluding carboxylic acids is 1. The smallest absolute Gasteiger partial charge is 0.262 e. The van der Waals surface area contributed by atoms with Crippen molar-refractivity contribution in [2.45, 2.75) is 19.4 Å². The zero-order valence-electron chi connectivity index (χ0n) is 14.6. The van der Waals surface area contributed by atoms with Crippen LogP contribution in [0.4, 0.5) is 4.39 Å². The molecule has 0 radical (unpaired) electrons. The van der Waals surface area contributed by atoms with E-state index in [2.05, 4.69) is 15.8 Å². The molecule has 3 rings (SSSR count). The van der Waals surface area contributed by atoms with Crippen molar-refractivity contribution in [1.29, 1.82) is 10.5 Å². The molecule has 1 amide bonds. The third kappa shape index (κ3) is 4.03. The molecule has 1 aliphatic heterocycles. The molecule has 9 heteroatoms. The van der Waals surface area contributed by atoms with E-state index in [1.165, 1.54) is 30.3 Å². The maximum absolute atomic E-state index is 15.0. The highest BCUT2D eigenvalue weighted by atomic mass is 35.5. The number of nitrogens with one attached hydrogen (secondary N) is 2. The summed E-state index contributed by atoms with van der Waals surface area (Å²) < 4.78 is 20.6. The first-order valence-corrected chi connectivity index (χ1v) is 8.51. The summed E-state index contributed by atoms with van der Waals surface area (Å²) >= 11 is 6.09. The largest absolute Gasteiger partial charge is 0.453 e. The monoisotopic (exact) mass is 397 g/mol. The van der Waals surface area contributed by atoms with Crippen molar-refractivity contribution >= 4 is 23.3 Å². The predicted octanol–water partition coefficient (Wildman–Crippen LogP) is 2.98. The van der Waals surface area contributed by atoms with Gasteiger partial charge in [-0.1, -0.05) is 17.7 Å². The Morgan fingerprint density at radius 1 is 1.21 bits per heavy atom. The minimum absolute atomic E-state index is 0.0299. The Kier molecular flexibility index (Phi) is 5.44. The lowest BCUT2D eigenvalue weighted by Gasteiger charge is -2.20. The molecule has 2 N–H and O–H groups in total. The van der Waals surface area contributed by atoms with E-state index >= 15 is 4.39 Å². The summed E-state index contributed by atoms with van der Waals surface area (Å²) in [6, 6.07) is 10.4. The fraction of sp³-hybridized carbons (Fsp3) is 0.158. The Bertz CT molecular complexity index is 1040. The molecule has 1 heterocycles. The number of halogens is 2. The van der Waals surface area contributed by atoms with Gasteiger partial charge in [-0.3, -0.25) is 20.6 Å². The van der Waals surface area contributed by atoms with E-state index in [9.17, 15) is 4.79 Å². The summed E-state index contributed by atoms with van der Waals surface area (Å²) in [7, 11) is 0. The predicted molar refractivity (Wildman–Crippen MR) is 99.2 cm³/mol. The van der Waals surface area contributed by atoms with Gasteiger partial charge in [-0.25, -0.2) is 4.39 Å². The first-order chi connectivity index (χ1) is 13.4. The van der Waals surface area contributed by atoms with Crippen LogP contribution in [-0.2, 0) is 11.2 Å². The Morgan fingerprint density at radius 3 is 2.50 bits per heavy atom. The fourth-order valence-corrected chi connectivity index (χ4v) is 2.73. The van der Waals surface area contributed by atoms with Crippen molar-refractivity contribution < 1.29 is 13.9 Å².